The zero-order valence-electron chi connectivity index (χ0n) is 20.7. The number of ether oxygens (including phenoxy) is 2. The Morgan fingerprint density at radius 3 is 1.56 bits per heavy atom. The molecule has 0 atom stereocenters. The van der Waals surface area contributed by atoms with Crippen molar-refractivity contribution < 1.29 is 9.47 Å². The first-order valence-electron chi connectivity index (χ1n) is 11.6. The lowest BCUT2D eigenvalue weighted by Gasteiger charge is -2.43. The van der Waals surface area contributed by atoms with Crippen molar-refractivity contribution in [3.63, 3.8) is 0 Å². The van der Waals surface area contributed by atoms with Crippen LogP contribution in [0.2, 0.25) is 0 Å². The molecule has 2 nitrogen and oxygen atoms in total. The van der Waals surface area contributed by atoms with E-state index in [4.69, 9.17) is 9.47 Å². The summed E-state index contributed by atoms with van der Waals surface area (Å²) < 4.78 is 13.5. The van der Waals surface area contributed by atoms with Crippen LogP contribution in [-0.2, 0) is 21.2 Å². The fourth-order valence-electron chi connectivity index (χ4n) is 4.52. The summed E-state index contributed by atoms with van der Waals surface area (Å²) in [4.78, 5) is 0. The van der Waals surface area contributed by atoms with Gasteiger partial charge in [0.25, 0.3) is 0 Å². The van der Waals surface area contributed by atoms with Gasteiger partial charge >= 0.3 is 0 Å². The van der Waals surface area contributed by atoms with Crippen molar-refractivity contribution in [2.24, 2.45) is 0 Å². The van der Waals surface area contributed by atoms with E-state index in [-0.39, 0.29) is 16.9 Å². The van der Waals surface area contributed by atoms with Gasteiger partial charge in [0.15, 0.2) is 5.60 Å². The van der Waals surface area contributed by atoms with E-state index >= 15 is 0 Å². The molecule has 0 fully saturated rings. The molecule has 1 aliphatic heterocycles. The van der Waals surface area contributed by atoms with Gasteiger partial charge in [-0.25, -0.2) is 0 Å². The molecular formula is C30H36O2. The number of hydrogen-bond donors (Lipinski definition) is 0. The molecule has 1 aliphatic rings. The van der Waals surface area contributed by atoms with Crippen molar-refractivity contribution in [1.29, 1.82) is 0 Å². The highest BCUT2D eigenvalue weighted by atomic mass is 16.5. The molecule has 0 radical (unpaired) electrons. The van der Waals surface area contributed by atoms with Crippen LogP contribution in [0.5, 0.6) is 11.5 Å². The SMILES string of the molecule is CC(C)OC1(c2ccccc2)c2cc(C(C)(C)C)ccc2Oc2ccc(C(C)(C)C)cc21. The van der Waals surface area contributed by atoms with Crippen LogP contribution in [0.4, 0.5) is 0 Å². The predicted molar refractivity (Wildman–Crippen MR) is 133 cm³/mol. The van der Waals surface area contributed by atoms with Gasteiger partial charge in [-0.3, -0.25) is 0 Å². The maximum Gasteiger partial charge on any atom is 0.151 e. The topological polar surface area (TPSA) is 18.5 Å². The molecular weight excluding hydrogens is 392 g/mol. The third-order valence-electron chi connectivity index (χ3n) is 6.26. The molecule has 0 spiro atoms. The van der Waals surface area contributed by atoms with Crippen molar-refractivity contribution in [2.45, 2.75) is 77.9 Å². The van der Waals surface area contributed by atoms with Gasteiger partial charge in [0.2, 0.25) is 0 Å². The van der Waals surface area contributed by atoms with Crippen molar-refractivity contribution in [3.8, 4) is 11.5 Å². The van der Waals surface area contributed by atoms with Crippen molar-refractivity contribution in [1.82, 2.24) is 0 Å². The Morgan fingerprint density at radius 1 is 0.688 bits per heavy atom. The predicted octanol–water partition coefficient (Wildman–Crippen LogP) is 8.10. The lowest BCUT2D eigenvalue weighted by atomic mass is 9.73. The van der Waals surface area contributed by atoms with E-state index in [1.807, 2.05) is 0 Å². The van der Waals surface area contributed by atoms with Gasteiger partial charge in [-0.1, -0.05) is 84.0 Å². The first-order valence-corrected chi connectivity index (χ1v) is 11.6. The molecule has 0 aliphatic carbocycles. The zero-order chi connectivity index (χ0) is 23.3. The first-order chi connectivity index (χ1) is 14.9. The summed E-state index contributed by atoms with van der Waals surface area (Å²) in [6, 6.07) is 23.8. The molecule has 0 N–H and O–H groups in total. The Kier molecular flexibility index (Phi) is 5.49. The fraction of sp³-hybridized carbons (Fsp3) is 0.400. The molecule has 4 rings (SSSR count). The highest BCUT2D eigenvalue weighted by molar-refractivity contribution is 5.63. The Balaban J connectivity index is 2.11. The summed E-state index contributed by atoms with van der Waals surface area (Å²) in [6.07, 6.45) is 0.0191. The van der Waals surface area contributed by atoms with Gasteiger partial charge in [0.05, 0.1) is 6.10 Å². The first kappa shape index (κ1) is 22.6. The average Bonchev–Trinajstić information content (AvgIpc) is 2.72. The Bertz CT molecular complexity index is 1050. The van der Waals surface area contributed by atoms with E-state index < -0.39 is 5.60 Å². The Hall–Kier alpha value is -2.58. The van der Waals surface area contributed by atoms with E-state index in [0.29, 0.717) is 0 Å². The summed E-state index contributed by atoms with van der Waals surface area (Å²) in [6.45, 7) is 17.7. The largest absolute Gasteiger partial charge is 0.457 e. The number of rotatable bonds is 3. The molecule has 2 heteroatoms. The monoisotopic (exact) mass is 428 g/mol. The van der Waals surface area contributed by atoms with Crippen LogP contribution in [0.25, 0.3) is 0 Å². The summed E-state index contributed by atoms with van der Waals surface area (Å²) >= 11 is 0. The number of benzene rings is 3. The van der Waals surface area contributed by atoms with Crippen LogP contribution in [0.15, 0.2) is 66.7 Å². The minimum absolute atomic E-state index is 0.0167. The number of hydrogen-bond acceptors (Lipinski definition) is 2. The minimum Gasteiger partial charge on any atom is -0.457 e. The van der Waals surface area contributed by atoms with Gasteiger partial charge in [0, 0.05) is 11.1 Å². The quantitative estimate of drug-likeness (QED) is 0.419. The van der Waals surface area contributed by atoms with E-state index in [9.17, 15) is 0 Å². The molecule has 1 heterocycles. The molecule has 0 saturated heterocycles. The van der Waals surface area contributed by atoms with Crippen LogP contribution in [0.3, 0.4) is 0 Å². The molecule has 0 unspecified atom stereocenters. The molecule has 0 saturated carbocycles. The maximum atomic E-state index is 6.97. The van der Waals surface area contributed by atoms with Crippen molar-refractivity contribution in [2.75, 3.05) is 0 Å². The lowest BCUT2D eigenvalue weighted by molar-refractivity contribution is -0.0345. The van der Waals surface area contributed by atoms with Crippen molar-refractivity contribution in [3.05, 3.63) is 94.5 Å². The summed E-state index contributed by atoms with van der Waals surface area (Å²) in [5.41, 5.74) is 5.08. The van der Waals surface area contributed by atoms with Gasteiger partial charge in [-0.05, 0) is 65.6 Å². The molecule has 32 heavy (non-hydrogen) atoms. The van der Waals surface area contributed by atoms with Gasteiger partial charge in [-0.2, -0.15) is 0 Å². The van der Waals surface area contributed by atoms with Crippen LogP contribution < -0.4 is 4.74 Å². The van der Waals surface area contributed by atoms with E-state index in [0.717, 1.165) is 28.2 Å². The molecule has 168 valence electrons. The van der Waals surface area contributed by atoms with Crippen LogP contribution >= 0.6 is 0 Å². The molecule has 0 aromatic heterocycles. The molecule has 0 amide bonds. The van der Waals surface area contributed by atoms with Crippen LogP contribution in [-0.4, -0.2) is 6.10 Å². The maximum absolute atomic E-state index is 6.97. The second kappa shape index (κ2) is 7.78. The van der Waals surface area contributed by atoms with Gasteiger partial charge in [0.1, 0.15) is 11.5 Å². The third-order valence-corrected chi connectivity index (χ3v) is 6.26. The third kappa shape index (κ3) is 3.86. The van der Waals surface area contributed by atoms with Gasteiger partial charge in [-0.15, -0.1) is 0 Å². The summed E-state index contributed by atoms with van der Waals surface area (Å²) in [5.74, 6) is 1.72. The van der Waals surface area contributed by atoms with E-state index in [1.165, 1.54) is 11.1 Å². The fourth-order valence-corrected chi connectivity index (χ4v) is 4.52. The van der Waals surface area contributed by atoms with Crippen LogP contribution in [0.1, 0.15) is 83.2 Å². The molecule has 3 aromatic carbocycles. The lowest BCUT2D eigenvalue weighted by Crippen LogP contribution is -2.38. The number of fused-ring (bicyclic) bond motifs is 2. The van der Waals surface area contributed by atoms with E-state index in [2.05, 4.69) is 122 Å². The Labute approximate surface area is 193 Å². The second-order valence-electron chi connectivity index (χ2n) is 11.2. The molecule has 0 bridgehead atoms. The second-order valence-corrected chi connectivity index (χ2v) is 11.2. The summed E-state index contributed by atoms with van der Waals surface area (Å²) in [5, 5.41) is 0. The van der Waals surface area contributed by atoms with E-state index in [1.54, 1.807) is 0 Å². The van der Waals surface area contributed by atoms with Crippen LogP contribution in [0, 0.1) is 0 Å². The smallest absolute Gasteiger partial charge is 0.151 e. The zero-order valence-corrected chi connectivity index (χ0v) is 20.7. The normalized spacial score (nSPS) is 15.2. The highest BCUT2D eigenvalue weighted by Crippen LogP contribution is 2.54. The summed E-state index contributed by atoms with van der Waals surface area (Å²) in [7, 11) is 0. The van der Waals surface area contributed by atoms with Crippen molar-refractivity contribution >= 4 is 0 Å². The average molecular weight is 429 g/mol. The Morgan fingerprint density at radius 2 is 1.16 bits per heavy atom. The standard InChI is InChI=1S/C30H36O2/c1-20(2)32-30(21-12-10-9-11-13-21)24-18-22(28(3,4)5)14-16-26(24)31-27-17-15-23(19-25(27)30)29(6,7)8/h9-20H,1-8H3. The highest BCUT2D eigenvalue weighted by Gasteiger charge is 2.46. The molecule has 3 aromatic rings. The van der Waals surface area contributed by atoms with Gasteiger partial charge < -0.3 is 9.47 Å². The minimum atomic E-state index is -0.749.